The van der Waals surface area contributed by atoms with Gasteiger partial charge in [-0.3, -0.25) is 24.4 Å². The molecule has 0 fully saturated rings. The summed E-state index contributed by atoms with van der Waals surface area (Å²) in [5.41, 5.74) is -0.699. The monoisotopic (exact) mass is 379 g/mol. The molecule has 10 nitrogen and oxygen atoms in total. The van der Waals surface area contributed by atoms with Crippen molar-refractivity contribution < 1.29 is 14.3 Å². The van der Waals surface area contributed by atoms with E-state index in [9.17, 15) is 24.4 Å². The van der Waals surface area contributed by atoms with Crippen LogP contribution in [0.15, 0.2) is 45.2 Å². The number of carbonyl (C=O) groups excluding carboxylic acids is 2. The van der Waals surface area contributed by atoms with Crippen LogP contribution in [0, 0.1) is 17.2 Å². The first-order chi connectivity index (χ1) is 13.4. The van der Waals surface area contributed by atoms with Crippen LogP contribution in [0.5, 0.6) is 5.75 Å². The number of benzene rings is 1. The molecule has 2 aliphatic rings. The number of ketones is 1. The Hall–Kier alpha value is -4.13. The Morgan fingerprint density at radius 1 is 1.04 bits per heavy atom. The maximum absolute atomic E-state index is 12.9. The lowest BCUT2D eigenvalue weighted by atomic mass is 9.77. The number of hydrogen-bond donors (Lipinski definition) is 4. The van der Waals surface area contributed by atoms with E-state index < -0.39 is 34.8 Å². The zero-order valence-corrected chi connectivity index (χ0v) is 14.5. The zero-order valence-electron chi connectivity index (χ0n) is 14.5. The van der Waals surface area contributed by atoms with Crippen LogP contribution >= 0.6 is 0 Å². The van der Waals surface area contributed by atoms with E-state index in [-0.39, 0.29) is 22.8 Å². The highest BCUT2D eigenvalue weighted by Crippen LogP contribution is 2.41. The van der Waals surface area contributed by atoms with Gasteiger partial charge in [-0.05, 0) is 17.7 Å². The number of hydrogen-bond acceptors (Lipinski definition) is 7. The van der Waals surface area contributed by atoms with Crippen LogP contribution < -0.4 is 26.6 Å². The highest BCUT2D eigenvalue weighted by Gasteiger charge is 2.44. The Morgan fingerprint density at radius 3 is 2.39 bits per heavy atom. The number of nitrogens with one attached hydrogen (secondary N) is 4. The first-order valence-corrected chi connectivity index (χ1v) is 8.21. The number of amides is 1. The SMILES string of the molecule is COc1ccc(C2C3=C(NC(=O)C(C#N)C3=O)Nc3[nH]c(=O)[nH]c(=O)c32)cc1. The molecule has 3 heterocycles. The van der Waals surface area contributed by atoms with Crippen LogP contribution in [0.2, 0.25) is 0 Å². The highest BCUT2D eigenvalue weighted by atomic mass is 16.5. The topological polar surface area (TPSA) is 157 Å². The summed E-state index contributed by atoms with van der Waals surface area (Å²) >= 11 is 0. The summed E-state index contributed by atoms with van der Waals surface area (Å²) in [6, 6.07) is 8.33. The number of aromatic nitrogens is 2. The van der Waals surface area contributed by atoms with Gasteiger partial charge >= 0.3 is 5.69 Å². The van der Waals surface area contributed by atoms with Crippen molar-refractivity contribution in [2.24, 2.45) is 5.92 Å². The molecular weight excluding hydrogens is 366 g/mol. The van der Waals surface area contributed by atoms with Gasteiger partial charge in [-0.1, -0.05) is 12.1 Å². The minimum atomic E-state index is -1.52. The van der Waals surface area contributed by atoms with Gasteiger partial charge in [-0.2, -0.15) is 5.26 Å². The van der Waals surface area contributed by atoms with Crippen molar-refractivity contribution in [1.29, 1.82) is 5.26 Å². The molecular formula is C18H13N5O5. The van der Waals surface area contributed by atoms with Gasteiger partial charge in [0, 0.05) is 0 Å². The number of allylic oxidation sites excluding steroid dienone is 1. The Balaban J connectivity index is 1.99. The Labute approximate surface area is 156 Å². The second-order valence-corrected chi connectivity index (χ2v) is 6.23. The minimum Gasteiger partial charge on any atom is -0.497 e. The standard InChI is InChI=1S/C18H13N5O5/c1-28-8-4-2-7(3-5-8)10-11-13(24)9(6-19)16(25)21-14(11)20-15-12(10)17(26)23-18(27)22-15/h2-5,9-10H,1H3,(H,21,25)(H3,20,22,23,26,27). The quantitative estimate of drug-likeness (QED) is 0.521. The number of nitrogens with zero attached hydrogens (tertiary/aromatic N) is 1. The fourth-order valence-electron chi connectivity index (χ4n) is 3.43. The van der Waals surface area contributed by atoms with E-state index in [1.54, 1.807) is 30.3 Å². The number of anilines is 1. The van der Waals surface area contributed by atoms with Gasteiger partial charge in [0.15, 0.2) is 11.7 Å². The van der Waals surface area contributed by atoms with Gasteiger partial charge in [-0.25, -0.2) is 4.79 Å². The van der Waals surface area contributed by atoms with Crippen molar-refractivity contribution in [2.45, 2.75) is 5.92 Å². The Kier molecular flexibility index (Phi) is 3.85. The Bertz CT molecular complexity index is 1200. The predicted molar refractivity (Wildman–Crippen MR) is 95.4 cm³/mol. The summed E-state index contributed by atoms with van der Waals surface area (Å²) in [7, 11) is 1.50. The molecule has 0 aliphatic carbocycles. The number of Topliss-reactive ketones (excluding diaryl/α,β-unsaturated/α-hetero) is 1. The molecule has 4 rings (SSSR count). The lowest BCUT2D eigenvalue weighted by molar-refractivity contribution is -0.130. The molecule has 0 saturated carbocycles. The first kappa shape index (κ1) is 17.3. The molecule has 0 bridgehead atoms. The van der Waals surface area contributed by atoms with Crippen LogP contribution in [0.3, 0.4) is 0 Å². The van der Waals surface area contributed by atoms with Crippen molar-refractivity contribution in [1.82, 2.24) is 15.3 Å². The molecule has 4 N–H and O–H groups in total. The lowest BCUT2D eigenvalue weighted by Gasteiger charge is -2.33. The number of methoxy groups -OCH3 is 1. The van der Waals surface area contributed by atoms with Gasteiger partial charge in [0.05, 0.1) is 30.2 Å². The molecule has 2 aromatic rings. The van der Waals surface area contributed by atoms with E-state index in [4.69, 9.17) is 4.74 Å². The average molecular weight is 379 g/mol. The molecule has 28 heavy (non-hydrogen) atoms. The largest absolute Gasteiger partial charge is 0.497 e. The number of fused-ring (bicyclic) bond motifs is 1. The van der Waals surface area contributed by atoms with E-state index in [2.05, 4.69) is 20.6 Å². The second-order valence-electron chi connectivity index (χ2n) is 6.23. The lowest BCUT2D eigenvalue weighted by Crippen LogP contribution is -2.48. The van der Waals surface area contributed by atoms with E-state index >= 15 is 0 Å². The summed E-state index contributed by atoms with van der Waals surface area (Å²) in [6.45, 7) is 0. The second kappa shape index (κ2) is 6.24. The maximum atomic E-state index is 12.9. The molecule has 140 valence electrons. The third-order valence-electron chi connectivity index (χ3n) is 4.69. The van der Waals surface area contributed by atoms with Crippen molar-refractivity contribution in [2.75, 3.05) is 12.4 Å². The fraction of sp³-hybridized carbons (Fsp3) is 0.167. The third-order valence-corrected chi connectivity index (χ3v) is 4.69. The van der Waals surface area contributed by atoms with Gasteiger partial charge in [0.25, 0.3) is 11.5 Å². The van der Waals surface area contributed by atoms with Crippen LogP contribution in [0.1, 0.15) is 17.0 Å². The molecule has 2 aliphatic heterocycles. The zero-order chi connectivity index (χ0) is 20.0. The van der Waals surface area contributed by atoms with Gasteiger partial charge < -0.3 is 15.4 Å². The van der Waals surface area contributed by atoms with Crippen molar-refractivity contribution in [3.63, 3.8) is 0 Å². The molecule has 2 atom stereocenters. The summed E-state index contributed by atoms with van der Waals surface area (Å²) < 4.78 is 5.13. The summed E-state index contributed by atoms with van der Waals surface area (Å²) in [6.07, 6.45) is 0. The van der Waals surface area contributed by atoms with Crippen LogP contribution in [0.25, 0.3) is 0 Å². The smallest absolute Gasteiger partial charge is 0.327 e. The van der Waals surface area contributed by atoms with Crippen LogP contribution in [-0.2, 0) is 9.59 Å². The van der Waals surface area contributed by atoms with Crippen molar-refractivity contribution in [3.05, 3.63) is 67.6 Å². The molecule has 1 aromatic carbocycles. The highest BCUT2D eigenvalue weighted by molar-refractivity contribution is 6.16. The number of carbonyl (C=O) groups is 2. The van der Waals surface area contributed by atoms with E-state index in [1.165, 1.54) is 7.11 Å². The van der Waals surface area contributed by atoms with Crippen molar-refractivity contribution in [3.8, 4) is 11.8 Å². The molecule has 10 heteroatoms. The number of rotatable bonds is 2. The number of ether oxygens (including phenoxy) is 1. The Morgan fingerprint density at radius 2 is 1.75 bits per heavy atom. The number of nitriles is 1. The number of H-pyrrole nitrogens is 2. The summed E-state index contributed by atoms with van der Waals surface area (Å²) in [5.74, 6) is -3.23. The molecule has 0 radical (unpaired) electrons. The molecule has 2 unspecified atom stereocenters. The van der Waals surface area contributed by atoms with Gasteiger partial charge in [0.2, 0.25) is 0 Å². The fourth-order valence-corrected chi connectivity index (χ4v) is 3.43. The van der Waals surface area contributed by atoms with Crippen LogP contribution in [0.4, 0.5) is 5.82 Å². The van der Waals surface area contributed by atoms with E-state index in [0.29, 0.717) is 11.3 Å². The summed E-state index contributed by atoms with van der Waals surface area (Å²) in [4.78, 5) is 53.9. The minimum absolute atomic E-state index is 0.0380. The molecule has 1 amide bonds. The molecule has 1 aromatic heterocycles. The van der Waals surface area contributed by atoms with Crippen LogP contribution in [-0.4, -0.2) is 28.8 Å². The predicted octanol–water partition coefficient (Wildman–Crippen LogP) is -0.321. The first-order valence-electron chi connectivity index (χ1n) is 8.21. The van der Waals surface area contributed by atoms with E-state index in [0.717, 1.165) is 0 Å². The summed E-state index contributed by atoms with van der Waals surface area (Å²) in [5, 5.41) is 14.4. The maximum Gasteiger partial charge on any atom is 0.327 e. The van der Waals surface area contributed by atoms with Gasteiger partial charge in [0.1, 0.15) is 17.4 Å². The molecule has 0 saturated heterocycles. The number of aromatic amines is 2. The molecule has 0 spiro atoms. The third kappa shape index (κ3) is 2.49. The van der Waals surface area contributed by atoms with Crippen molar-refractivity contribution >= 4 is 17.5 Å². The average Bonchev–Trinajstić information content (AvgIpc) is 2.66. The van der Waals surface area contributed by atoms with Gasteiger partial charge in [-0.15, -0.1) is 0 Å². The van der Waals surface area contributed by atoms with E-state index in [1.807, 2.05) is 0 Å². The normalized spacial score (nSPS) is 20.4.